The average molecular weight is 751 g/mol. The first-order valence-electron chi connectivity index (χ1n) is 16.0. The second-order valence-electron chi connectivity index (χ2n) is 14.1. The van der Waals surface area contributed by atoms with Crippen molar-refractivity contribution in [2.75, 3.05) is 12.5 Å². The van der Waals surface area contributed by atoms with Crippen LogP contribution in [0.2, 0.25) is 5.02 Å². The van der Waals surface area contributed by atoms with Gasteiger partial charge in [-0.15, -0.1) is 0 Å². The second kappa shape index (κ2) is 11.7. The first-order chi connectivity index (χ1) is 23.2. The zero-order chi connectivity index (χ0) is 35.2. The van der Waals surface area contributed by atoms with Crippen LogP contribution in [0.5, 0.6) is 11.5 Å². The van der Waals surface area contributed by atoms with Crippen LogP contribution in [0.15, 0.2) is 76.8 Å². The van der Waals surface area contributed by atoms with Crippen LogP contribution in [-0.2, 0) is 24.6 Å². The van der Waals surface area contributed by atoms with Gasteiger partial charge in [0.05, 0.1) is 40.4 Å². The number of amides is 4. The van der Waals surface area contributed by atoms with Crippen molar-refractivity contribution in [3.63, 3.8) is 0 Å². The number of benzene rings is 3. The molecule has 12 heteroatoms. The van der Waals surface area contributed by atoms with E-state index in [9.17, 15) is 23.9 Å². The van der Waals surface area contributed by atoms with E-state index in [4.69, 9.17) is 16.3 Å². The number of carbonyl (C=O) groups excluding carboxylic acids is 4. The maximum Gasteiger partial charge on any atom is 0.260 e. The molecule has 9 nitrogen and oxygen atoms in total. The molecule has 4 amide bonds. The lowest BCUT2D eigenvalue weighted by Crippen LogP contribution is -2.53. The number of ether oxygens (including phenoxy) is 1. The summed E-state index contributed by atoms with van der Waals surface area (Å²) in [7, 11) is 1.42. The first-order valence-corrected chi connectivity index (χ1v) is 17.2. The molecule has 4 aliphatic rings. The number of rotatable bonds is 5. The third-order valence-corrected chi connectivity index (χ3v) is 11.4. The molecule has 3 fully saturated rings. The van der Waals surface area contributed by atoms with Crippen molar-refractivity contribution in [2.24, 2.45) is 23.7 Å². The average Bonchev–Trinajstić information content (AvgIpc) is 3.44. The topological polar surface area (TPSA) is 116 Å². The molecule has 0 bridgehead atoms. The quantitative estimate of drug-likeness (QED) is 0.219. The van der Waals surface area contributed by atoms with Gasteiger partial charge < -0.3 is 9.84 Å². The van der Waals surface area contributed by atoms with Gasteiger partial charge in [0, 0.05) is 16.5 Å². The highest BCUT2D eigenvalue weighted by Crippen LogP contribution is 2.65. The highest BCUT2D eigenvalue weighted by atomic mass is 79.9. The highest BCUT2D eigenvalue weighted by molar-refractivity contribution is 9.10. The maximum atomic E-state index is 15.2. The van der Waals surface area contributed by atoms with Crippen molar-refractivity contribution in [3.05, 3.63) is 98.8 Å². The van der Waals surface area contributed by atoms with Crippen LogP contribution in [0, 0.1) is 29.5 Å². The Bertz CT molecular complexity index is 1940. The molecule has 0 radical (unpaired) electrons. The summed E-state index contributed by atoms with van der Waals surface area (Å²) in [5.74, 6) is -5.81. The minimum absolute atomic E-state index is 0.117. The number of phenols is 1. The van der Waals surface area contributed by atoms with Crippen molar-refractivity contribution in [1.82, 2.24) is 9.91 Å². The van der Waals surface area contributed by atoms with Crippen molar-refractivity contribution in [3.8, 4) is 11.5 Å². The summed E-state index contributed by atoms with van der Waals surface area (Å²) in [5, 5.41) is 12.2. The van der Waals surface area contributed by atoms with Gasteiger partial charge in [0.15, 0.2) is 11.5 Å². The molecule has 6 unspecified atom stereocenters. The lowest BCUT2D eigenvalue weighted by molar-refractivity contribution is -0.146. The number of aromatic hydroxyl groups is 1. The molecular formula is C37H34BrClFN3O6. The molecule has 49 heavy (non-hydrogen) atoms. The number of phenolic OH excluding ortho intramolecular Hbond substituents is 1. The van der Waals surface area contributed by atoms with Crippen LogP contribution < -0.4 is 10.2 Å². The first kappa shape index (κ1) is 33.3. The van der Waals surface area contributed by atoms with E-state index in [0.29, 0.717) is 26.3 Å². The van der Waals surface area contributed by atoms with Gasteiger partial charge in [-0.25, -0.2) is 4.39 Å². The largest absolute Gasteiger partial charge is 0.503 e. The van der Waals surface area contributed by atoms with Gasteiger partial charge in [0.1, 0.15) is 5.82 Å². The number of carbonyl (C=O) groups is 4. The number of halogens is 3. The number of anilines is 1. The molecule has 7 rings (SSSR count). The van der Waals surface area contributed by atoms with Gasteiger partial charge in [-0.05, 0) is 115 Å². The smallest absolute Gasteiger partial charge is 0.260 e. The van der Waals surface area contributed by atoms with E-state index in [2.05, 4.69) is 21.4 Å². The van der Waals surface area contributed by atoms with Crippen LogP contribution in [0.1, 0.15) is 50.7 Å². The van der Waals surface area contributed by atoms with Gasteiger partial charge in [-0.1, -0.05) is 35.4 Å². The van der Waals surface area contributed by atoms with E-state index in [0.717, 1.165) is 10.6 Å². The van der Waals surface area contributed by atoms with Gasteiger partial charge in [0.2, 0.25) is 11.8 Å². The molecule has 3 aromatic rings. The number of hydrogen-bond donors (Lipinski definition) is 2. The molecule has 1 saturated carbocycles. The monoisotopic (exact) mass is 749 g/mol. The fraction of sp³-hybridized carbons (Fsp3) is 0.351. The van der Waals surface area contributed by atoms with E-state index in [1.54, 1.807) is 36.4 Å². The Labute approximate surface area is 296 Å². The zero-order valence-corrected chi connectivity index (χ0v) is 29.5. The van der Waals surface area contributed by atoms with E-state index in [1.165, 1.54) is 36.3 Å². The number of nitrogens with zero attached hydrogens (tertiary/aromatic N) is 2. The summed E-state index contributed by atoms with van der Waals surface area (Å²) in [6, 6.07) is 15.5. The lowest BCUT2D eigenvalue weighted by Gasteiger charge is -2.50. The SMILES string of the molecule is COc1cc(C2C3=CCC4C(=O)N(C(C)(C)C)C(=O)C4C3CC3C(=O)N(Nc4ccc(F)cc4)C(=O)C32c2ccc(Cl)cc2)cc(Br)c1O. The fourth-order valence-electron chi connectivity index (χ4n) is 8.61. The number of allylic oxidation sites excluding steroid dienone is 2. The van der Waals surface area contributed by atoms with Gasteiger partial charge >= 0.3 is 0 Å². The number of likely N-dealkylation sites (tertiary alicyclic amines) is 1. The molecule has 2 N–H and O–H groups in total. The maximum absolute atomic E-state index is 15.2. The molecular weight excluding hydrogens is 717 g/mol. The summed E-state index contributed by atoms with van der Waals surface area (Å²) in [6.07, 6.45) is 2.36. The number of methoxy groups -OCH3 is 1. The number of hydrogen-bond acceptors (Lipinski definition) is 7. The van der Waals surface area contributed by atoms with Crippen molar-refractivity contribution in [2.45, 2.75) is 50.5 Å². The molecule has 6 atom stereocenters. The summed E-state index contributed by atoms with van der Waals surface area (Å²) in [6.45, 7) is 5.46. The van der Waals surface area contributed by atoms with Crippen LogP contribution in [0.4, 0.5) is 10.1 Å². The van der Waals surface area contributed by atoms with Crippen LogP contribution in [-0.4, -0.2) is 51.3 Å². The Morgan fingerprint density at radius 3 is 2.29 bits per heavy atom. The van der Waals surface area contributed by atoms with E-state index in [1.807, 2.05) is 26.8 Å². The minimum atomic E-state index is -1.55. The number of nitrogens with one attached hydrogen (secondary N) is 1. The normalized spacial score (nSPS) is 27.9. The molecule has 0 spiro atoms. The number of imide groups is 2. The molecule has 0 aromatic heterocycles. The molecule has 2 aliphatic carbocycles. The van der Waals surface area contributed by atoms with Gasteiger partial charge in [-0.2, -0.15) is 5.01 Å². The molecule has 2 heterocycles. The van der Waals surface area contributed by atoms with E-state index < -0.39 is 58.2 Å². The Hall–Kier alpha value is -4.22. The van der Waals surface area contributed by atoms with Crippen molar-refractivity contribution >= 4 is 56.8 Å². The summed E-state index contributed by atoms with van der Waals surface area (Å²) in [5.41, 5.74) is 2.80. The van der Waals surface area contributed by atoms with Crippen LogP contribution in [0.25, 0.3) is 0 Å². The zero-order valence-electron chi connectivity index (χ0n) is 27.2. The Kier molecular flexibility index (Phi) is 7.94. The van der Waals surface area contributed by atoms with Gasteiger partial charge in [0.25, 0.3) is 11.8 Å². The summed E-state index contributed by atoms with van der Waals surface area (Å²) >= 11 is 9.80. The molecule has 254 valence electrons. The minimum Gasteiger partial charge on any atom is -0.503 e. The molecule has 2 aliphatic heterocycles. The number of fused-ring (bicyclic) bond motifs is 4. The Balaban J connectivity index is 1.49. The Morgan fingerprint density at radius 2 is 1.65 bits per heavy atom. The third kappa shape index (κ3) is 4.91. The Morgan fingerprint density at radius 1 is 0.980 bits per heavy atom. The number of hydrazine groups is 1. The third-order valence-electron chi connectivity index (χ3n) is 10.5. The van der Waals surface area contributed by atoms with Crippen LogP contribution in [0.3, 0.4) is 0 Å². The van der Waals surface area contributed by atoms with Gasteiger partial charge in [-0.3, -0.25) is 29.5 Å². The molecule has 2 saturated heterocycles. The predicted octanol–water partition coefficient (Wildman–Crippen LogP) is 6.74. The van der Waals surface area contributed by atoms with Crippen molar-refractivity contribution in [1.29, 1.82) is 0 Å². The summed E-state index contributed by atoms with van der Waals surface area (Å²) < 4.78 is 19.7. The predicted molar refractivity (Wildman–Crippen MR) is 183 cm³/mol. The lowest BCUT2D eigenvalue weighted by atomic mass is 9.49. The van der Waals surface area contributed by atoms with E-state index in [-0.39, 0.29) is 36.2 Å². The standard InChI is InChI=1S/C37H34BrClFN3O6/c1-36(2,3)42-32(45)24-14-13-23-25(29(24)34(42)47)17-26-33(46)43(41-22-11-9-21(40)10-12-22)35(48)37(26,19-5-7-20(39)8-6-19)30(23)18-15-27(38)31(44)28(16-18)49-4/h5-13,15-16,24-26,29-30,41,44H,14,17H2,1-4H3. The van der Waals surface area contributed by atoms with E-state index >= 15 is 4.79 Å². The fourth-order valence-corrected chi connectivity index (χ4v) is 9.19. The second-order valence-corrected chi connectivity index (χ2v) is 15.4. The van der Waals surface area contributed by atoms with Crippen molar-refractivity contribution < 1.29 is 33.4 Å². The highest BCUT2D eigenvalue weighted by Gasteiger charge is 2.70. The molecule has 3 aromatic carbocycles. The summed E-state index contributed by atoms with van der Waals surface area (Å²) in [4.78, 5) is 59.3. The van der Waals surface area contributed by atoms with Crippen LogP contribution >= 0.6 is 27.5 Å².